The number of hydrogen-bond donors (Lipinski definition) is 6. The summed E-state index contributed by atoms with van der Waals surface area (Å²) in [6.07, 6.45) is 10.5. The average molecular weight is 1680 g/mol. The van der Waals surface area contributed by atoms with E-state index in [0.29, 0.717) is 24.5 Å². The van der Waals surface area contributed by atoms with Crippen LogP contribution < -0.4 is 51.2 Å². The predicted molar refractivity (Wildman–Crippen MR) is 291 cm³/mol. The Labute approximate surface area is 580 Å². The number of ketones is 1. The van der Waals surface area contributed by atoms with E-state index in [4.69, 9.17) is 26.2 Å². The third kappa shape index (κ3) is 18.9. The number of Topliss-reactive ketones (excluding diaryl/α,β-unsaturated/α-hetero) is 1. The van der Waals surface area contributed by atoms with Gasteiger partial charge in [-0.15, -0.1) is 20.4 Å². The maximum Gasteiger partial charge on any atom is 1.00 e. The monoisotopic (exact) mass is 1680 g/mol. The first kappa shape index (κ1) is 72.3. The van der Waals surface area contributed by atoms with Crippen LogP contribution in [0.3, 0.4) is 0 Å². The molecule has 6 aromatic heterocycles. The van der Waals surface area contributed by atoms with Crippen molar-refractivity contribution in [3.05, 3.63) is 147 Å². The Bertz CT molecular complexity index is 3410. The Balaban J connectivity index is 0.000000654. The molecule has 77 heavy (non-hydrogen) atoms. The van der Waals surface area contributed by atoms with Gasteiger partial charge in [-0.25, -0.2) is 9.97 Å². The molecule has 0 unspecified atom stereocenters. The van der Waals surface area contributed by atoms with E-state index in [1.54, 1.807) is 37.4 Å². The zero-order valence-corrected chi connectivity index (χ0v) is 61.2. The van der Waals surface area contributed by atoms with Gasteiger partial charge in [0.15, 0.2) is 11.3 Å². The fourth-order valence-electron chi connectivity index (χ4n) is 7.76. The normalized spacial score (nSPS) is 10.5. The van der Waals surface area contributed by atoms with Crippen LogP contribution in [-0.4, -0.2) is 110 Å². The molecule has 0 saturated heterocycles. The molecule has 0 fully saturated rings. The molecule has 10 aromatic rings. The first-order valence-corrected chi connectivity index (χ1v) is 23.1. The molecule has 0 spiro atoms. The molecule has 23 heteroatoms. The summed E-state index contributed by atoms with van der Waals surface area (Å²) in [5, 5.41) is 44.7. The number of hydrogen-bond acceptors (Lipinski definition) is 16. The Hall–Kier alpha value is -2.74. The molecule has 0 aliphatic carbocycles. The van der Waals surface area contributed by atoms with Crippen LogP contribution in [0.25, 0.3) is 77.6 Å². The Kier molecular flexibility index (Phi) is 31.8. The molecule has 0 saturated carbocycles. The number of aromatic nitrogens is 10. The zero-order chi connectivity index (χ0) is 50.7. The van der Waals surface area contributed by atoms with E-state index in [9.17, 15) is 4.79 Å². The molecule has 6 radical (unpaired) electrons. The zero-order valence-electron chi connectivity index (χ0n) is 45.0. The summed E-state index contributed by atoms with van der Waals surface area (Å²) < 4.78 is 3.82. The largest absolute Gasteiger partial charge is 1.00 e. The minimum Gasteiger partial charge on any atom is -0.870 e. The molecule has 18 nitrogen and oxygen atoms in total. The third-order valence-corrected chi connectivity index (χ3v) is 11.3. The van der Waals surface area contributed by atoms with Gasteiger partial charge in [-0.1, -0.05) is 86.6 Å². The first-order valence-electron chi connectivity index (χ1n) is 23.1. The number of rotatable bonds is 12. The number of fused-ring (bicyclic) bond motifs is 4. The molecule has 0 bridgehead atoms. The molecule has 0 atom stereocenters. The number of carbonyl (C=O) groups excluding carboxylic acids is 1. The average Bonchev–Trinajstić information content (AvgIpc) is 4.08. The van der Waals surface area contributed by atoms with Gasteiger partial charge in [-0.05, 0) is 111 Å². The van der Waals surface area contributed by atoms with Crippen LogP contribution in [-0.2, 0) is 4.79 Å². The summed E-state index contributed by atoms with van der Waals surface area (Å²) >= 11 is 0. The quantitative estimate of drug-likeness (QED) is 0.0439. The van der Waals surface area contributed by atoms with E-state index in [0.717, 1.165) is 68.0 Å². The fraction of sp³-hybridized carbons (Fsp3) is 0.241. The second-order valence-corrected chi connectivity index (χ2v) is 18.6. The van der Waals surface area contributed by atoms with Gasteiger partial charge < -0.3 is 32.0 Å². The number of benzene rings is 4. The van der Waals surface area contributed by atoms with Crippen molar-refractivity contribution in [3.8, 4) is 44.8 Å². The van der Waals surface area contributed by atoms with Gasteiger partial charge in [0.05, 0.1) is 22.5 Å². The minimum absolute atomic E-state index is 0. The molecular weight excluding hydrogens is 1620 g/mol. The van der Waals surface area contributed by atoms with E-state index < -0.39 is 0 Å². The Morgan fingerprint density at radius 2 is 0.961 bits per heavy atom. The molecule has 0 aliphatic heterocycles. The predicted octanol–water partition coefficient (Wildman–Crippen LogP) is 6.41. The van der Waals surface area contributed by atoms with Gasteiger partial charge in [0, 0.05) is 207 Å². The summed E-state index contributed by atoms with van der Waals surface area (Å²) in [4.78, 5) is 28.0. The van der Waals surface area contributed by atoms with E-state index in [1.807, 2.05) is 59.0 Å². The van der Waals surface area contributed by atoms with E-state index in [2.05, 4.69) is 147 Å². The number of anilines is 2. The van der Waals surface area contributed by atoms with Crippen LogP contribution in [0.2, 0.25) is 0 Å². The van der Waals surface area contributed by atoms with E-state index in [-0.39, 0.29) is 192 Å². The van der Waals surface area contributed by atoms with Crippen molar-refractivity contribution in [1.82, 2.24) is 54.4 Å². The number of carbonyl (C=O) groups is 1. The van der Waals surface area contributed by atoms with Gasteiger partial charge in [0.25, 0.3) is 0 Å². The summed E-state index contributed by atoms with van der Waals surface area (Å²) in [5.74, 6) is 1.51. The number of nitrogens with two attached hydrogens (primary N) is 1. The van der Waals surface area contributed by atoms with Crippen LogP contribution >= 0.6 is 0 Å². The van der Waals surface area contributed by atoms with Crippen LogP contribution in [0.1, 0.15) is 55.4 Å². The third-order valence-electron chi connectivity index (χ3n) is 11.3. The Morgan fingerprint density at radius 1 is 0.597 bits per heavy atom. The maximum atomic E-state index is 9.44. The van der Waals surface area contributed by atoms with Crippen molar-refractivity contribution in [1.29, 1.82) is 0 Å². The first-order chi connectivity index (χ1) is 34.2. The maximum absolute atomic E-state index is 9.44. The van der Waals surface area contributed by atoms with Crippen molar-refractivity contribution in [2.45, 2.75) is 72.5 Å². The van der Waals surface area contributed by atoms with Crippen molar-refractivity contribution >= 4 is 58.9 Å². The van der Waals surface area contributed by atoms with Crippen LogP contribution in [0.15, 0.2) is 147 Å². The summed E-state index contributed by atoms with van der Waals surface area (Å²) in [7, 11) is 0. The van der Waals surface area contributed by atoms with Crippen molar-refractivity contribution < 1.29 is 183 Å². The van der Waals surface area contributed by atoms with Crippen molar-refractivity contribution in [2.24, 2.45) is 5.73 Å². The smallest absolute Gasteiger partial charge is 0.870 e. The van der Waals surface area contributed by atoms with Gasteiger partial charge in [0.1, 0.15) is 18.4 Å². The van der Waals surface area contributed by atoms with Crippen LogP contribution in [0, 0.1) is 132 Å². The molecule has 4 aromatic carbocycles. The minimum atomic E-state index is -0.343. The molecular formula is C54H61Ac3BN14NaO4. The summed E-state index contributed by atoms with van der Waals surface area (Å²) in [5.41, 5.74) is 14.4. The van der Waals surface area contributed by atoms with Crippen molar-refractivity contribution in [2.75, 3.05) is 23.7 Å². The molecule has 6 heterocycles. The van der Waals surface area contributed by atoms with Gasteiger partial charge in [-0.2, -0.15) is 0 Å². The number of pyridine rings is 2. The molecule has 0 aliphatic rings. The Morgan fingerprint density at radius 3 is 1.32 bits per heavy atom. The number of nitrogens with zero attached hydrogens (tertiary/aromatic N) is 10. The SMILES string of the molecule is CC(C)(CN)Nc1nc(-c2ccncc2)c(-c2ccc3ccccc3c2)c2nncn12.CC(C)=O.CC(C)NCC(C)(C)Nc1nc(-c2ccncc2)c(-c2ccc3ccccc3c2)c2nncn12.OO.[Ac].[Ac].[Ac].[B].[Na+].[OH-]. The van der Waals surface area contributed by atoms with Gasteiger partial charge in [-0.3, -0.25) is 29.3 Å². The standard InChI is InChI=1S/C27H29N7.C24H23N7.C3H6O.3Ac.B.Na.H2O2.H2O/c1-18(2)29-16-27(3,4)32-26-31-24(20-11-13-28-14-12-20)23(25-33-30-17-34(25)26)22-10-9-19-7-5-6-8-21(19)15-22;1-24(2,14-25)29-23-28-21(17-9-11-26-12-10-17)20(22-30-27-15-31(22)23)19-8-7-16-5-3-4-6-18(16)13-19;1-3(2)4;;;;;;1-2;/h5-15,17-18,29H,16H2,1-4H3,(H,31,32);3-13,15H,14,25H2,1-2H3,(H,28,29);1-2H3;;;;;;1-2H;1H2/q;;;;;;;+1;;/p-1. The van der Waals surface area contributed by atoms with Crippen molar-refractivity contribution in [3.63, 3.8) is 0 Å². The van der Waals surface area contributed by atoms with Gasteiger partial charge >= 0.3 is 29.6 Å². The number of nitrogens with one attached hydrogen (secondary N) is 3. The molecule has 8 N–H and O–H groups in total. The fourth-order valence-corrected chi connectivity index (χ4v) is 7.76. The second-order valence-electron chi connectivity index (χ2n) is 18.6. The molecule has 10 rings (SSSR count). The topological polar surface area (TPSA) is 262 Å². The summed E-state index contributed by atoms with van der Waals surface area (Å²) in [6, 6.07) is 37.8. The van der Waals surface area contributed by atoms with E-state index in [1.165, 1.54) is 30.0 Å². The van der Waals surface area contributed by atoms with E-state index >= 15 is 0 Å². The summed E-state index contributed by atoms with van der Waals surface area (Å²) in [6.45, 7) is 17.0. The van der Waals surface area contributed by atoms with Crippen LogP contribution in [0.5, 0.6) is 0 Å². The molecule has 0 amide bonds. The molecule has 384 valence electrons. The second kappa shape index (κ2) is 33.9. The van der Waals surface area contributed by atoms with Crippen LogP contribution in [0.4, 0.5) is 11.9 Å². The van der Waals surface area contributed by atoms with Gasteiger partial charge in [0.2, 0.25) is 11.9 Å².